The van der Waals surface area contributed by atoms with Gasteiger partial charge in [-0.3, -0.25) is 29.8 Å². The summed E-state index contributed by atoms with van der Waals surface area (Å²) in [6.45, 7) is 1.63. The van der Waals surface area contributed by atoms with Gasteiger partial charge in [0.05, 0.1) is 87.0 Å². The van der Waals surface area contributed by atoms with Crippen molar-refractivity contribution in [2.75, 3.05) is 67.1 Å². The maximum absolute atomic E-state index is 11.1. The number of benzene rings is 2. The SMILES string of the molecule is COc1cc(C=O)c([N+](=O)[O-])cc1OCCOCCOCCOCCOc1cc([N+](=O)[O-])c(C=O)cc1OC. The molecule has 212 valence electrons. The van der Waals surface area contributed by atoms with Crippen LogP contribution >= 0.6 is 0 Å². The summed E-state index contributed by atoms with van der Waals surface area (Å²) in [7, 11) is 2.71. The van der Waals surface area contributed by atoms with Crippen LogP contribution in [0.25, 0.3) is 0 Å². The molecule has 0 radical (unpaired) electrons. The summed E-state index contributed by atoms with van der Waals surface area (Å²) in [5, 5.41) is 22.2. The summed E-state index contributed by atoms with van der Waals surface area (Å²) in [4.78, 5) is 42.9. The molecule has 0 atom stereocenters. The number of hydrogen-bond acceptors (Lipinski definition) is 13. The largest absolute Gasteiger partial charge is 0.493 e. The topological polar surface area (TPSA) is 185 Å². The molecule has 15 nitrogen and oxygen atoms in total. The van der Waals surface area contributed by atoms with Crippen molar-refractivity contribution >= 4 is 23.9 Å². The second-order valence-corrected chi connectivity index (χ2v) is 7.41. The summed E-state index contributed by atoms with van der Waals surface area (Å²) in [6, 6.07) is 4.72. The van der Waals surface area contributed by atoms with Crippen molar-refractivity contribution in [2.45, 2.75) is 0 Å². The van der Waals surface area contributed by atoms with E-state index in [1.54, 1.807) is 0 Å². The van der Waals surface area contributed by atoms with E-state index >= 15 is 0 Å². The third-order valence-corrected chi connectivity index (χ3v) is 4.99. The molecule has 0 aliphatic rings. The lowest BCUT2D eigenvalue weighted by molar-refractivity contribution is -0.385. The van der Waals surface area contributed by atoms with Crippen LogP contribution in [0.3, 0.4) is 0 Å². The molecule has 0 heterocycles. The number of nitro benzene ring substituents is 2. The lowest BCUT2D eigenvalue weighted by Crippen LogP contribution is -2.14. The monoisotopic (exact) mass is 552 g/mol. The van der Waals surface area contributed by atoms with Gasteiger partial charge in [0, 0.05) is 12.1 Å². The van der Waals surface area contributed by atoms with Crippen molar-refractivity contribution in [3.63, 3.8) is 0 Å². The highest BCUT2D eigenvalue weighted by atomic mass is 16.6. The van der Waals surface area contributed by atoms with Crippen LogP contribution in [0.15, 0.2) is 24.3 Å². The van der Waals surface area contributed by atoms with Gasteiger partial charge >= 0.3 is 0 Å². The van der Waals surface area contributed by atoms with E-state index in [0.29, 0.717) is 12.6 Å². The molecule has 2 aromatic rings. The van der Waals surface area contributed by atoms with E-state index in [1.165, 1.54) is 26.4 Å². The van der Waals surface area contributed by atoms with Gasteiger partial charge in [-0.15, -0.1) is 0 Å². The standard InChI is InChI=1S/C24H28N2O13/c1-33-21-11-17(15-27)19(25(29)30)13-23(21)38-9-7-36-5-3-35-4-6-37-8-10-39-24-14-20(26(31)32)18(16-28)12-22(24)34-2/h11-16H,3-10H2,1-2H3. The van der Waals surface area contributed by atoms with Gasteiger partial charge < -0.3 is 33.2 Å². The number of ether oxygens (including phenoxy) is 7. The van der Waals surface area contributed by atoms with Crippen LogP contribution in [0.4, 0.5) is 11.4 Å². The maximum atomic E-state index is 11.1. The Morgan fingerprint density at radius 1 is 0.590 bits per heavy atom. The van der Waals surface area contributed by atoms with Gasteiger partial charge in [-0.05, 0) is 0 Å². The molecule has 0 saturated heterocycles. The first kappa shape index (κ1) is 30.9. The fourth-order valence-corrected chi connectivity index (χ4v) is 3.14. The van der Waals surface area contributed by atoms with Gasteiger partial charge in [0.15, 0.2) is 35.6 Å². The fraction of sp³-hybridized carbons (Fsp3) is 0.417. The molecule has 0 saturated carbocycles. The third-order valence-electron chi connectivity index (χ3n) is 4.99. The summed E-state index contributed by atoms with van der Waals surface area (Å²) < 4.78 is 37.3. The van der Waals surface area contributed by atoms with Gasteiger partial charge in [0.1, 0.15) is 13.2 Å². The summed E-state index contributed by atoms with van der Waals surface area (Å²) in [5.41, 5.74) is -1.02. The Morgan fingerprint density at radius 2 is 0.923 bits per heavy atom. The molecule has 0 unspecified atom stereocenters. The van der Waals surface area contributed by atoms with Gasteiger partial charge in [0.2, 0.25) is 0 Å². The van der Waals surface area contributed by atoms with Crippen LogP contribution in [-0.4, -0.2) is 89.5 Å². The highest BCUT2D eigenvalue weighted by Crippen LogP contribution is 2.35. The molecule has 0 spiro atoms. The molecular weight excluding hydrogens is 524 g/mol. The van der Waals surface area contributed by atoms with Crippen LogP contribution in [0.1, 0.15) is 20.7 Å². The molecule has 0 bridgehead atoms. The summed E-state index contributed by atoms with van der Waals surface area (Å²) >= 11 is 0. The van der Waals surface area contributed by atoms with Crippen LogP contribution in [0.2, 0.25) is 0 Å². The number of aldehydes is 2. The van der Waals surface area contributed by atoms with Gasteiger partial charge in [0.25, 0.3) is 11.4 Å². The van der Waals surface area contributed by atoms with Crippen molar-refractivity contribution < 1.29 is 52.6 Å². The predicted molar refractivity (Wildman–Crippen MR) is 134 cm³/mol. The van der Waals surface area contributed by atoms with E-state index in [-0.39, 0.29) is 98.4 Å². The highest BCUT2D eigenvalue weighted by Gasteiger charge is 2.20. The Hall–Kier alpha value is -4.34. The lowest BCUT2D eigenvalue weighted by Gasteiger charge is -2.12. The molecule has 0 aromatic heterocycles. The van der Waals surface area contributed by atoms with E-state index < -0.39 is 9.85 Å². The van der Waals surface area contributed by atoms with Crippen molar-refractivity contribution in [3.8, 4) is 23.0 Å². The molecule has 0 N–H and O–H groups in total. The molecule has 0 aliphatic heterocycles. The minimum absolute atomic E-state index is 0.0862. The van der Waals surface area contributed by atoms with Crippen LogP contribution in [-0.2, 0) is 14.2 Å². The molecule has 2 rings (SSSR count). The third kappa shape index (κ3) is 9.48. The summed E-state index contributed by atoms with van der Waals surface area (Å²) in [5.74, 6) is 0.608. The number of rotatable bonds is 20. The van der Waals surface area contributed by atoms with Gasteiger partial charge in [-0.2, -0.15) is 0 Å². The quantitative estimate of drug-likeness (QED) is 0.101. The van der Waals surface area contributed by atoms with E-state index in [4.69, 9.17) is 33.2 Å². The number of hydrogen-bond donors (Lipinski definition) is 0. The van der Waals surface area contributed by atoms with Crippen LogP contribution < -0.4 is 18.9 Å². The Morgan fingerprint density at radius 3 is 1.21 bits per heavy atom. The Labute approximate surface area is 222 Å². The first-order valence-corrected chi connectivity index (χ1v) is 11.5. The average Bonchev–Trinajstić information content (AvgIpc) is 2.94. The van der Waals surface area contributed by atoms with Gasteiger partial charge in [-0.1, -0.05) is 0 Å². The van der Waals surface area contributed by atoms with Crippen LogP contribution in [0.5, 0.6) is 23.0 Å². The molecule has 0 amide bonds. The number of carbonyl (C=O) groups excluding carboxylic acids is 2. The number of methoxy groups -OCH3 is 2. The number of nitrogens with zero attached hydrogens (tertiary/aromatic N) is 2. The number of nitro groups is 2. The first-order chi connectivity index (χ1) is 18.9. The lowest BCUT2D eigenvalue weighted by atomic mass is 10.1. The maximum Gasteiger partial charge on any atom is 0.283 e. The molecule has 15 heteroatoms. The van der Waals surface area contributed by atoms with Crippen molar-refractivity contribution in [2.24, 2.45) is 0 Å². The minimum atomic E-state index is -0.680. The van der Waals surface area contributed by atoms with Gasteiger partial charge in [-0.25, -0.2) is 0 Å². The van der Waals surface area contributed by atoms with Crippen molar-refractivity contribution in [3.05, 3.63) is 55.6 Å². The highest BCUT2D eigenvalue weighted by molar-refractivity contribution is 5.84. The van der Waals surface area contributed by atoms with Crippen molar-refractivity contribution in [1.29, 1.82) is 0 Å². The Kier molecular flexibility index (Phi) is 13.1. The molecule has 2 aromatic carbocycles. The minimum Gasteiger partial charge on any atom is -0.493 e. The Bertz CT molecular complexity index is 1050. The molecular formula is C24H28N2O13. The zero-order chi connectivity index (χ0) is 28.6. The summed E-state index contributed by atoms with van der Waals surface area (Å²) in [6.07, 6.45) is 0.742. The van der Waals surface area contributed by atoms with Crippen molar-refractivity contribution in [1.82, 2.24) is 0 Å². The zero-order valence-corrected chi connectivity index (χ0v) is 21.3. The average molecular weight is 552 g/mol. The van der Waals surface area contributed by atoms with E-state index in [2.05, 4.69) is 0 Å². The van der Waals surface area contributed by atoms with E-state index in [1.807, 2.05) is 0 Å². The fourth-order valence-electron chi connectivity index (χ4n) is 3.14. The zero-order valence-electron chi connectivity index (χ0n) is 21.3. The molecule has 39 heavy (non-hydrogen) atoms. The van der Waals surface area contributed by atoms with E-state index in [0.717, 1.165) is 12.1 Å². The second-order valence-electron chi connectivity index (χ2n) is 7.41. The molecule has 0 aliphatic carbocycles. The molecule has 0 fully saturated rings. The normalized spacial score (nSPS) is 10.5. The van der Waals surface area contributed by atoms with Crippen LogP contribution in [0, 0.1) is 20.2 Å². The smallest absolute Gasteiger partial charge is 0.283 e. The predicted octanol–water partition coefficient (Wildman–Crippen LogP) is 2.65. The second kappa shape index (κ2) is 16.5. The Balaban J connectivity index is 1.58. The van der Waals surface area contributed by atoms with E-state index in [9.17, 15) is 29.8 Å². The number of carbonyl (C=O) groups is 2. The first-order valence-electron chi connectivity index (χ1n) is 11.5.